The Kier molecular flexibility index (Phi) is 6.55. The monoisotopic (exact) mass is 401 g/mol. The van der Waals surface area contributed by atoms with E-state index in [0.717, 1.165) is 22.2 Å². The number of rotatable bonds is 7. The fourth-order valence-corrected chi connectivity index (χ4v) is 3.65. The maximum Gasteiger partial charge on any atom is 0.293 e. The average Bonchev–Trinajstić information content (AvgIpc) is 2.95. The standard InChI is InChI=1S/C17H15N5O3S2/c23-14(11-26-16-20-5-2-6-21-16)19-7-8-22-15(24)13(27-17(22)25)9-12-3-1-4-18-10-12/h1-6,9-10H,7-8,11H2,(H,19,23)/b13-9-. The highest BCUT2D eigenvalue weighted by molar-refractivity contribution is 8.18. The number of carbonyl (C=O) groups excluding carboxylic acids is 3. The molecule has 0 atom stereocenters. The molecule has 1 aliphatic heterocycles. The number of hydrogen-bond acceptors (Lipinski definition) is 8. The van der Waals surface area contributed by atoms with Crippen molar-refractivity contribution < 1.29 is 14.4 Å². The molecular formula is C17H15N5O3S2. The third-order valence-electron chi connectivity index (χ3n) is 3.39. The van der Waals surface area contributed by atoms with Gasteiger partial charge in [-0.25, -0.2) is 9.97 Å². The first-order chi connectivity index (χ1) is 13.1. The number of pyridine rings is 1. The van der Waals surface area contributed by atoms with E-state index in [4.69, 9.17) is 0 Å². The minimum absolute atomic E-state index is 0.118. The van der Waals surface area contributed by atoms with Crippen molar-refractivity contribution in [2.45, 2.75) is 5.16 Å². The maximum absolute atomic E-state index is 12.4. The summed E-state index contributed by atoms with van der Waals surface area (Å²) in [6.07, 6.45) is 8.08. The van der Waals surface area contributed by atoms with Crippen molar-refractivity contribution in [3.8, 4) is 0 Å². The minimum atomic E-state index is -0.366. The third kappa shape index (κ3) is 5.38. The fourth-order valence-electron chi connectivity index (χ4n) is 2.15. The van der Waals surface area contributed by atoms with Gasteiger partial charge in [-0.05, 0) is 35.5 Å². The Labute approximate surface area is 163 Å². The molecule has 27 heavy (non-hydrogen) atoms. The number of amides is 3. The van der Waals surface area contributed by atoms with Crippen LogP contribution in [0, 0.1) is 0 Å². The van der Waals surface area contributed by atoms with Crippen LogP contribution in [0.5, 0.6) is 0 Å². The van der Waals surface area contributed by atoms with Gasteiger partial charge in [0.2, 0.25) is 5.91 Å². The summed E-state index contributed by atoms with van der Waals surface area (Å²) in [5, 5.41) is 2.85. The summed E-state index contributed by atoms with van der Waals surface area (Å²) in [6, 6.07) is 5.25. The molecule has 8 nitrogen and oxygen atoms in total. The van der Waals surface area contributed by atoms with Crippen LogP contribution in [-0.4, -0.2) is 55.7 Å². The lowest BCUT2D eigenvalue weighted by atomic mass is 10.2. The van der Waals surface area contributed by atoms with Crippen LogP contribution in [0.25, 0.3) is 6.08 Å². The van der Waals surface area contributed by atoms with E-state index in [1.165, 1.54) is 11.8 Å². The number of thioether (sulfide) groups is 2. The molecule has 3 rings (SSSR count). The summed E-state index contributed by atoms with van der Waals surface area (Å²) in [5.41, 5.74) is 0.747. The molecule has 0 radical (unpaired) electrons. The molecule has 1 fully saturated rings. The summed E-state index contributed by atoms with van der Waals surface area (Å²) in [5.74, 6) is -0.423. The highest BCUT2D eigenvalue weighted by Gasteiger charge is 2.34. The van der Waals surface area contributed by atoms with Gasteiger partial charge in [-0.3, -0.25) is 24.3 Å². The molecule has 3 amide bonds. The van der Waals surface area contributed by atoms with Crippen LogP contribution < -0.4 is 5.32 Å². The zero-order chi connectivity index (χ0) is 19.1. The van der Waals surface area contributed by atoms with Crippen molar-refractivity contribution in [1.29, 1.82) is 0 Å². The second-order valence-electron chi connectivity index (χ2n) is 5.29. The molecular weight excluding hydrogens is 386 g/mol. The Balaban J connectivity index is 1.46. The van der Waals surface area contributed by atoms with Crippen LogP contribution in [0.15, 0.2) is 53.0 Å². The van der Waals surface area contributed by atoms with E-state index in [-0.39, 0.29) is 35.9 Å². The molecule has 0 spiro atoms. The molecule has 10 heteroatoms. The van der Waals surface area contributed by atoms with Crippen LogP contribution in [0.4, 0.5) is 4.79 Å². The number of carbonyl (C=O) groups is 3. The summed E-state index contributed by atoms with van der Waals surface area (Å²) in [6.45, 7) is 0.306. The number of nitrogens with one attached hydrogen (secondary N) is 1. The van der Waals surface area contributed by atoms with Crippen LogP contribution in [0.2, 0.25) is 0 Å². The lowest BCUT2D eigenvalue weighted by Crippen LogP contribution is -2.37. The highest BCUT2D eigenvalue weighted by Crippen LogP contribution is 2.31. The van der Waals surface area contributed by atoms with Gasteiger partial charge in [0.25, 0.3) is 11.1 Å². The van der Waals surface area contributed by atoms with E-state index < -0.39 is 0 Å². The fraction of sp³-hybridized carbons (Fsp3) is 0.176. The molecule has 0 saturated carbocycles. The van der Waals surface area contributed by atoms with Crippen LogP contribution in [0.3, 0.4) is 0 Å². The van der Waals surface area contributed by atoms with Crippen molar-refractivity contribution in [3.05, 3.63) is 53.5 Å². The number of aromatic nitrogens is 3. The van der Waals surface area contributed by atoms with Gasteiger partial charge in [0, 0.05) is 37.9 Å². The molecule has 1 saturated heterocycles. The Bertz CT molecular complexity index is 861. The second-order valence-corrected chi connectivity index (χ2v) is 7.23. The van der Waals surface area contributed by atoms with E-state index in [9.17, 15) is 14.4 Å². The molecule has 3 heterocycles. The molecule has 2 aromatic heterocycles. The largest absolute Gasteiger partial charge is 0.354 e. The van der Waals surface area contributed by atoms with E-state index >= 15 is 0 Å². The smallest absolute Gasteiger partial charge is 0.293 e. The van der Waals surface area contributed by atoms with E-state index in [2.05, 4.69) is 20.3 Å². The molecule has 138 valence electrons. The van der Waals surface area contributed by atoms with Crippen molar-refractivity contribution in [2.24, 2.45) is 0 Å². The lowest BCUT2D eigenvalue weighted by Gasteiger charge is -2.12. The molecule has 1 aliphatic rings. The first-order valence-electron chi connectivity index (χ1n) is 7.95. The Morgan fingerprint density at radius 2 is 2.04 bits per heavy atom. The summed E-state index contributed by atoms with van der Waals surface area (Å²) < 4.78 is 0. The average molecular weight is 401 g/mol. The molecule has 2 aromatic rings. The second kappa shape index (κ2) is 9.28. The Morgan fingerprint density at radius 1 is 1.22 bits per heavy atom. The van der Waals surface area contributed by atoms with E-state index in [1.54, 1.807) is 49.1 Å². The molecule has 0 aromatic carbocycles. The van der Waals surface area contributed by atoms with E-state index in [1.807, 2.05) is 0 Å². The van der Waals surface area contributed by atoms with Gasteiger partial charge in [-0.2, -0.15) is 0 Å². The summed E-state index contributed by atoms with van der Waals surface area (Å²) in [7, 11) is 0. The predicted molar refractivity (Wildman–Crippen MR) is 103 cm³/mol. The van der Waals surface area contributed by atoms with Crippen molar-refractivity contribution in [3.63, 3.8) is 0 Å². The van der Waals surface area contributed by atoms with Gasteiger partial charge in [0.05, 0.1) is 10.7 Å². The SMILES string of the molecule is O=C(CSc1ncccn1)NCCN1C(=O)S/C(=C\c2cccnc2)C1=O. The summed E-state index contributed by atoms with van der Waals surface area (Å²) in [4.78, 5) is 49.8. The van der Waals surface area contributed by atoms with Gasteiger partial charge in [-0.15, -0.1) is 0 Å². The molecule has 0 unspecified atom stereocenters. The number of imide groups is 1. The first-order valence-corrected chi connectivity index (χ1v) is 9.75. The quantitative estimate of drug-likeness (QED) is 0.425. The summed E-state index contributed by atoms with van der Waals surface area (Å²) >= 11 is 2.09. The van der Waals surface area contributed by atoms with Gasteiger partial charge in [0.1, 0.15) is 0 Å². The Morgan fingerprint density at radius 3 is 2.78 bits per heavy atom. The topological polar surface area (TPSA) is 105 Å². The highest BCUT2D eigenvalue weighted by atomic mass is 32.2. The van der Waals surface area contributed by atoms with Crippen LogP contribution >= 0.6 is 23.5 Å². The zero-order valence-corrected chi connectivity index (χ0v) is 15.7. The maximum atomic E-state index is 12.4. The number of nitrogens with zero attached hydrogens (tertiary/aromatic N) is 4. The molecule has 1 N–H and O–H groups in total. The van der Waals surface area contributed by atoms with Gasteiger partial charge in [0.15, 0.2) is 5.16 Å². The van der Waals surface area contributed by atoms with E-state index in [0.29, 0.717) is 10.1 Å². The first kappa shape index (κ1) is 19.1. The third-order valence-corrected chi connectivity index (χ3v) is 5.17. The lowest BCUT2D eigenvalue weighted by molar-refractivity contribution is -0.123. The van der Waals surface area contributed by atoms with Crippen molar-refractivity contribution in [2.75, 3.05) is 18.8 Å². The van der Waals surface area contributed by atoms with Crippen molar-refractivity contribution in [1.82, 2.24) is 25.2 Å². The van der Waals surface area contributed by atoms with Crippen LogP contribution in [0.1, 0.15) is 5.56 Å². The number of hydrogen-bond donors (Lipinski definition) is 1. The Hall–Kier alpha value is -2.72. The molecule has 0 bridgehead atoms. The van der Waals surface area contributed by atoms with Gasteiger partial charge >= 0.3 is 0 Å². The van der Waals surface area contributed by atoms with Crippen molar-refractivity contribution >= 4 is 46.7 Å². The van der Waals surface area contributed by atoms with Gasteiger partial charge < -0.3 is 5.32 Å². The van der Waals surface area contributed by atoms with Crippen LogP contribution in [-0.2, 0) is 9.59 Å². The normalized spacial score (nSPS) is 15.4. The zero-order valence-electron chi connectivity index (χ0n) is 14.1. The molecule has 0 aliphatic carbocycles. The predicted octanol–water partition coefficient (Wildman–Crippen LogP) is 1.82. The minimum Gasteiger partial charge on any atom is -0.354 e. The van der Waals surface area contributed by atoms with Gasteiger partial charge in [-0.1, -0.05) is 17.8 Å².